The third-order valence-corrected chi connectivity index (χ3v) is 4.03. The molecule has 0 aliphatic carbocycles. The monoisotopic (exact) mass is 312 g/mol. The highest BCUT2D eigenvalue weighted by atomic mass is 79.9. The van der Waals surface area contributed by atoms with Crippen LogP contribution in [0.1, 0.15) is 44.1 Å². The van der Waals surface area contributed by atoms with Gasteiger partial charge in [0.2, 0.25) is 0 Å². The molecule has 1 saturated heterocycles. The summed E-state index contributed by atoms with van der Waals surface area (Å²) in [6.45, 7) is 8.26. The fraction of sp³-hybridized carbons (Fsp3) is 0.643. The summed E-state index contributed by atoms with van der Waals surface area (Å²) in [5.74, 6) is 0.785. The Morgan fingerprint density at radius 3 is 2.78 bits per heavy atom. The number of carbonyl (C=O) groups is 1. The van der Waals surface area contributed by atoms with Gasteiger partial charge in [0.25, 0.3) is 5.91 Å². The van der Waals surface area contributed by atoms with Gasteiger partial charge in [-0.05, 0) is 47.7 Å². The topological polar surface area (TPSA) is 25.2 Å². The lowest BCUT2D eigenvalue weighted by molar-refractivity contribution is 0.0732. The minimum Gasteiger partial charge on any atom is -0.342 e. The highest BCUT2D eigenvalue weighted by molar-refractivity contribution is 9.10. The summed E-state index contributed by atoms with van der Waals surface area (Å²) in [6, 6.07) is 2.30. The van der Waals surface area contributed by atoms with Crippen molar-refractivity contribution in [2.45, 2.75) is 46.2 Å². The summed E-state index contributed by atoms with van der Waals surface area (Å²) in [5.41, 5.74) is 0.810. The van der Waals surface area contributed by atoms with Gasteiger partial charge in [-0.2, -0.15) is 0 Å². The molecule has 18 heavy (non-hydrogen) atoms. The van der Waals surface area contributed by atoms with Crippen molar-refractivity contribution in [1.82, 2.24) is 9.47 Å². The van der Waals surface area contributed by atoms with E-state index in [1.54, 1.807) is 0 Å². The van der Waals surface area contributed by atoms with Gasteiger partial charge in [0, 0.05) is 29.8 Å². The molecule has 1 aromatic heterocycles. The Kier molecular flexibility index (Phi) is 4.15. The molecule has 2 unspecified atom stereocenters. The van der Waals surface area contributed by atoms with E-state index in [1.165, 1.54) is 0 Å². The van der Waals surface area contributed by atoms with Gasteiger partial charge in [0.15, 0.2) is 0 Å². The van der Waals surface area contributed by atoms with Crippen LogP contribution in [-0.2, 0) is 6.54 Å². The van der Waals surface area contributed by atoms with Crippen LogP contribution in [-0.4, -0.2) is 28.0 Å². The van der Waals surface area contributed by atoms with Gasteiger partial charge in [0.1, 0.15) is 5.69 Å². The van der Waals surface area contributed by atoms with Crippen molar-refractivity contribution in [3.63, 3.8) is 0 Å². The Balaban J connectivity index is 2.23. The second kappa shape index (κ2) is 5.47. The zero-order valence-electron chi connectivity index (χ0n) is 11.3. The van der Waals surface area contributed by atoms with Crippen LogP contribution in [0.15, 0.2) is 16.7 Å². The van der Waals surface area contributed by atoms with Crippen molar-refractivity contribution in [2.75, 3.05) is 6.54 Å². The highest BCUT2D eigenvalue weighted by Crippen LogP contribution is 2.26. The minimum absolute atomic E-state index is 0.172. The second-order valence-electron chi connectivity index (χ2n) is 5.38. The Bertz CT molecular complexity index is 441. The first-order valence-electron chi connectivity index (χ1n) is 6.69. The van der Waals surface area contributed by atoms with Crippen LogP contribution in [0.2, 0.25) is 0 Å². The van der Waals surface area contributed by atoms with E-state index in [0.717, 1.165) is 36.1 Å². The van der Waals surface area contributed by atoms with Crippen LogP contribution in [0.5, 0.6) is 0 Å². The number of hydrogen-bond acceptors (Lipinski definition) is 1. The largest absolute Gasteiger partial charge is 0.342 e. The summed E-state index contributed by atoms with van der Waals surface area (Å²) in [7, 11) is 0. The molecule has 0 N–H and O–H groups in total. The number of carbonyl (C=O) groups excluding carboxylic acids is 1. The van der Waals surface area contributed by atoms with Gasteiger partial charge >= 0.3 is 0 Å². The standard InChI is InChI=1S/C14H21BrN2O/c1-4-5-16-9-12(15)7-13(16)14(18)17-8-10(2)6-11(17)3/h7,9-11H,4-6,8H2,1-3H3. The highest BCUT2D eigenvalue weighted by Gasteiger charge is 2.31. The van der Waals surface area contributed by atoms with Gasteiger partial charge in [-0.3, -0.25) is 4.79 Å². The molecule has 2 atom stereocenters. The Morgan fingerprint density at radius 1 is 1.50 bits per heavy atom. The summed E-state index contributed by atoms with van der Waals surface area (Å²) in [6.07, 6.45) is 4.15. The lowest BCUT2D eigenvalue weighted by Crippen LogP contribution is -2.35. The molecule has 0 radical (unpaired) electrons. The van der Waals surface area contributed by atoms with E-state index >= 15 is 0 Å². The van der Waals surface area contributed by atoms with E-state index in [0.29, 0.717) is 12.0 Å². The second-order valence-corrected chi connectivity index (χ2v) is 6.30. The number of likely N-dealkylation sites (tertiary alicyclic amines) is 1. The lowest BCUT2D eigenvalue weighted by atomic mass is 10.1. The molecule has 1 aliphatic rings. The first-order chi connectivity index (χ1) is 8.52. The number of aryl methyl sites for hydroxylation is 1. The quantitative estimate of drug-likeness (QED) is 0.838. The number of aromatic nitrogens is 1. The zero-order chi connectivity index (χ0) is 13.3. The Morgan fingerprint density at radius 2 is 2.22 bits per heavy atom. The number of halogens is 1. The van der Waals surface area contributed by atoms with Crippen LogP contribution >= 0.6 is 15.9 Å². The van der Waals surface area contributed by atoms with E-state index in [4.69, 9.17) is 0 Å². The molecule has 2 rings (SSSR count). The average Bonchev–Trinajstić information content (AvgIpc) is 2.82. The predicted molar refractivity (Wildman–Crippen MR) is 76.7 cm³/mol. The van der Waals surface area contributed by atoms with Crippen molar-refractivity contribution in [2.24, 2.45) is 5.92 Å². The Hall–Kier alpha value is -0.770. The van der Waals surface area contributed by atoms with Crippen LogP contribution < -0.4 is 0 Å². The fourth-order valence-electron chi connectivity index (χ4n) is 2.81. The maximum Gasteiger partial charge on any atom is 0.270 e. The van der Waals surface area contributed by atoms with Crippen molar-refractivity contribution in [1.29, 1.82) is 0 Å². The van der Waals surface area contributed by atoms with Crippen LogP contribution in [0.3, 0.4) is 0 Å². The molecule has 0 bridgehead atoms. The smallest absolute Gasteiger partial charge is 0.270 e. The maximum atomic E-state index is 12.6. The Labute approximate surface area is 117 Å². The fourth-order valence-corrected chi connectivity index (χ4v) is 3.27. The van der Waals surface area contributed by atoms with Crippen LogP contribution in [0.4, 0.5) is 0 Å². The maximum absolute atomic E-state index is 12.6. The van der Waals surface area contributed by atoms with Crippen molar-refractivity contribution < 1.29 is 4.79 Å². The summed E-state index contributed by atoms with van der Waals surface area (Å²) < 4.78 is 3.04. The molecule has 1 aliphatic heterocycles. The van der Waals surface area contributed by atoms with Crippen molar-refractivity contribution in [3.8, 4) is 0 Å². The number of hydrogen-bond donors (Lipinski definition) is 0. The molecule has 1 aromatic rings. The molecule has 1 fully saturated rings. The molecule has 4 heteroatoms. The third-order valence-electron chi connectivity index (χ3n) is 3.59. The van der Waals surface area contributed by atoms with E-state index in [2.05, 4.69) is 41.3 Å². The predicted octanol–water partition coefficient (Wildman–Crippen LogP) is 3.53. The number of amides is 1. The van der Waals surface area contributed by atoms with Gasteiger partial charge in [-0.15, -0.1) is 0 Å². The van der Waals surface area contributed by atoms with E-state index in [-0.39, 0.29) is 5.91 Å². The van der Waals surface area contributed by atoms with Gasteiger partial charge in [-0.25, -0.2) is 0 Å². The first kappa shape index (κ1) is 13.7. The van der Waals surface area contributed by atoms with Gasteiger partial charge in [-0.1, -0.05) is 13.8 Å². The third kappa shape index (κ3) is 2.63. The molecule has 0 spiro atoms. The van der Waals surface area contributed by atoms with Gasteiger partial charge in [0.05, 0.1) is 0 Å². The molecule has 3 nitrogen and oxygen atoms in total. The van der Waals surface area contributed by atoms with E-state index < -0.39 is 0 Å². The summed E-state index contributed by atoms with van der Waals surface area (Å²) >= 11 is 3.47. The summed E-state index contributed by atoms with van der Waals surface area (Å²) in [4.78, 5) is 14.6. The molecule has 1 amide bonds. The molecular weight excluding hydrogens is 292 g/mol. The lowest BCUT2D eigenvalue weighted by Gasteiger charge is -2.22. The van der Waals surface area contributed by atoms with Crippen LogP contribution in [0, 0.1) is 5.92 Å². The minimum atomic E-state index is 0.172. The molecule has 100 valence electrons. The van der Waals surface area contributed by atoms with E-state index in [1.807, 2.05) is 17.2 Å². The van der Waals surface area contributed by atoms with Crippen LogP contribution in [0.25, 0.3) is 0 Å². The zero-order valence-corrected chi connectivity index (χ0v) is 12.9. The summed E-state index contributed by atoms with van der Waals surface area (Å²) in [5, 5.41) is 0. The molecule has 2 heterocycles. The number of nitrogens with zero attached hydrogens (tertiary/aromatic N) is 2. The normalized spacial score (nSPS) is 23.7. The first-order valence-corrected chi connectivity index (χ1v) is 7.48. The SMILES string of the molecule is CCCn1cc(Br)cc1C(=O)N1CC(C)CC1C. The van der Waals surface area contributed by atoms with Crippen molar-refractivity contribution >= 4 is 21.8 Å². The molecule has 0 aromatic carbocycles. The van der Waals surface area contributed by atoms with Gasteiger partial charge < -0.3 is 9.47 Å². The van der Waals surface area contributed by atoms with Crippen molar-refractivity contribution in [3.05, 3.63) is 22.4 Å². The number of rotatable bonds is 3. The van der Waals surface area contributed by atoms with E-state index in [9.17, 15) is 4.79 Å². The molecule has 0 saturated carbocycles. The average molecular weight is 313 g/mol. The molecular formula is C14H21BrN2O.